The predicted molar refractivity (Wildman–Crippen MR) is 82.3 cm³/mol. The number of pyridine rings is 1. The monoisotopic (exact) mass is 293 g/mol. The molecule has 0 radical (unpaired) electrons. The molecule has 0 saturated heterocycles. The van der Waals surface area contributed by atoms with Gasteiger partial charge in [-0.2, -0.15) is 0 Å². The topological polar surface area (TPSA) is 71.1 Å². The van der Waals surface area contributed by atoms with Crippen LogP contribution in [0.2, 0.25) is 0 Å². The van der Waals surface area contributed by atoms with Gasteiger partial charge < -0.3 is 5.32 Å². The molecule has 0 amide bonds. The Bertz CT molecular complexity index is 666. The van der Waals surface area contributed by atoms with Gasteiger partial charge in [-0.1, -0.05) is 19.1 Å². The van der Waals surface area contributed by atoms with Gasteiger partial charge in [0.1, 0.15) is 0 Å². The lowest BCUT2D eigenvalue weighted by atomic mass is 10.1. The van der Waals surface area contributed by atoms with E-state index in [1.54, 1.807) is 18.5 Å². The summed E-state index contributed by atoms with van der Waals surface area (Å²) in [7, 11) is -3.34. The maximum atomic E-state index is 12.0. The molecule has 2 rings (SSSR count). The summed E-state index contributed by atoms with van der Waals surface area (Å²) in [5.74, 6) is 0.0640. The van der Waals surface area contributed by atoms with Gasteiger partial charge in [0.25, 0.3) is 0 Å². The van der Waals surface area contributed by atoms with Crippen LogP contribution in [0.4, 0.5) is 5.69 Å². The Kier molecular flexibility index (Phi) is 4.92. The summed E-state index contributed by atoms with van der Waals surface area (Å²) in [4.78, 5) is 4.03. The van der Waals surface area contributed by atoms with Crippen molar-refractivity contribution in [2.75, 3.05) is 23.6 Å². The molecule has 0 spiro atoms. The van der Waals surface area contributed by atoms with Gasteiger partial charge in [-0.15, -0.1) is 0 Å². The average Bonchev–Trinajstić information content (AvgIpc) is 2.44. The lowest BCUT2D eigenvalue weighted by Gasteiger charge is -2.10. The largest absolute Gasteiger partial charge is 0.316 e. The molecule has 1 heterocycles. The summed E-state index contributed by atoms with van der Waals surface area (Å²) in [6, 6.07) is 7.29. The van der Waals surface area contributed by atoms with Gasteiger partial charge in [0.2, 0.25) is 10.0 Å². The van der Waals surface area contributed by atoms with E-state index in [0.717, 1.165) is 23.7 Å². The lowest BCUT2D eigenvalue weighted by Crippen LogP contribution is -2.27. The molecule has 108 valence electrons. The summed E-state index contributed by atoms with van der Waals surface area (Å²) in [5, 5.41) is 4.85. The van der Waals surface area contributed by atoms with Crippen molar-refractivity contribution in [3.8, 4) is 0 Å². The zero-order valence-corrected chi connectivity index (χ0v) is 12.3. The lowest BCUT2D eigenvalue weighted by molar-refractivity contribution is 0.595. The summed E-state index contributed by atoms with van der Waals surface area (Å²) >= 11 is 0. The van der Waals surface area contributed by atoms with Crippen LogP contribution in [-0.4, -0.2) is 32.2 Å². The van der Waals surface area contributed by atoms with Gasteiger partial charge >= 0.3 is 0 Å². The van der Waals surface area contributed by atoms with E-state index >= 15 is 0 Å². The summed E-state index contributed by atoms with van der Waals surface area (Å²) < 4.78 is 26.7. The Morgan fingerprint density at radius 3 is 2.85 bits per heavy atom. The van der Waals surface area contributed by atoms with Crippen molar-refractivity contribution in [3.63, 3.8) is 0 Å². The number of aromatic nitrogens is 1. The van der Waals surface area contributed by atoms with Crippen LogP contribution in [0.25, 0.3) is 10.8 Å². The SMILES string of the molecule is CCCNCCS(=O)(=O)Nc1cccc2cnccc12. The highest BCUT2D eigenvalue weighted by molar-refractivity contribution is 7.92. The minimum absolute atomic E-state index is 0.0640. The summed E-state index contributed by atoms with van der Waals surface area (Å²) in [6.07, 6.45) is 4.36. The first-order valence-corrected chi connectivity index (χ1v) is 8.31. The van der Waals surface area contributed by atoms with Crippen molar-refractivity contribution >= 4 is 26.5 Å². The molecular weight excluding hydrogens is 274 g/mol. The highest BCUT2D eigenvalue weighted by Gasteiger charge is 2.11. The number of nitrogens with one attached hydrogen (secondary N) is 2. The fourth-order valence-corrected chi connectivity index (χ4v) is 2.97. The Labute approximate surface area is 119 Å². The van der Waals surface area contributed by atoms with Crippen molar-refractivity contribution in [1.29, 1.82) is 0 Å². The number of hydrogen-bond acceptors (Lipinski definition) is 4. The Morgan fingerprint density at radius 2 is 2.05 bits per heavy atom. The third-order valence-corrected chi connectivity index (χ3v) is 4.19. The first-order valence-electron chi connectivity index (χ1n) is 6.66. The molecule has 1 aromatic carbocycles. The van der Waals surface area contributed by atoms with Gasteiger partial charge in [-0.25, -0.2) is 8.42 Å². The summed E-state index contributed by atoms with van der Waals surface area (Å²) in [6.45, 7) is 3.33. The zero-order valence-electron chi connectivity index (χ0n) is 11.5. The normalized spacial score (nSPS) is 11.7. The van der Waals surface area contributed by atoms with Crippen LogP contribution in [-0.2, 0) is 10.0 Å². The molecule has 0 unspecified atom stereocenters. The highest BCUT2D eigenvalue weighted by Crippen LogP contribution is 2.22. The number of anilines is 1. The number of fused-ring (bicyclic) bond motifs is 1. The summed E-state index contributed by atoms with van der Waals surface area (Å²) in [5.41, 5.74) is 0.598. The molecule has 1 aromatic heterocycles. The number of benzene rings is 1. The van der Waals surface area contributed by atoms with Crippen molar-refractivity contribution in [3.05, 3.63) is 36.7 Å². The van der Waals surface area contributed by atoms with E-state index < -0.39 is 10.0 Å². The Morgan fingerprint density at radius 1 is 1.20 bits per heavy atom. The molecule has 6 heteroatoms. The number of rotatable bonds is 7. The van der Waals surface area contributed by atoms with Gasteiger partial charge in [-0.05, 0) is 25.1 Å². The first-order chi connectivity index (χ1) is 9.62. The van der Waals surface area contributed by atoms with Gasteiger partial charge in [0.15, 0.2) is 0 Å². The molecule has 20 heavy (non-hydrogen) atoms. The molecule has 5 nitrogen and oxygen atoms in total. The van der Waals surface area contributed by atoms with Crippen molar-refractivity contribution in [2.45, 2.75) is 13.3 Å². The van der Waals surface area contributed by atoms with E-state index in [-0.39, 0.29) is 5.75 Å². The second-order valence-corrected chi connectivity index (χ2v) is 6.42. The fraction of sp³-hybridized carbons (Fsp3) is 0.357. The molecule has 0 saturated carbocycles. The van der Waals surface area contributed by atoms with Crippen molar-refractivity contribution in [1.82, 2.24) is 10.3 Å². The molecular formula is C14H19N3O2S. The minimum Gasteiger partial charge on any atom is -0.316 e. The van der Waals surface area contributed by atoms with Gasteiger partial charge in [0.05, 0.1) is 11.4 Å². The number of nitrogens with zero attached hydrogens (tertiary/aromatic N) is 1. The predicted octanol–water partition coefficient (Wildman–Crippen LogP) is 1.98. The highest BCUT2D eigenvalue weighted by atomic mass is 32.2. The molecule has 0 aliphatic heterocycles. The van der Waals surface area contributed by atoms with Gasteiger partial charge in [-0.3, -0.25) is 9.71 Å². The first kappa shape index (κ1) is 14.7. The maximum Gasteiger partial charge on any atom is 0.233 e. The van der Waals surface area contributed by atoms with E-state index in [4.69, 9.17) is 0 Å². The van der Waals surface area contributed by atoms with E-state index in [0.29, 0.717) is 12.2 Å². The standard InChI is InChI=1S/C14H19N3O2S/c1-2-7-15-9-10-20(18,19)17-14-5-3-4-12-11-16-8-6-13(12)14/h3-6,8,11,15,17H,2,7,9-10H2,1H3. The van der Waals surface area contributed by atoms with E-state index in [9.17, 15) is 8.42 Å². The molecule has 2 N–H and O–H groups in total. The third kappa shape index (κ3) is 3.91. The van der Waals surface area contributed by atoms with Crippen LogP contribution in [0.15, 0.2) is 36.7 Å². The molecule has 0 aliphatic carbocycles. The molecule has 0 fully saturated rings. The second-order valence-electron chi connectivity index (χ2n) is 4.57. The Balaban J connectivity index is 2.11. The van der Waals surface area contributed by atoms with Crippen LogP contribution >= 0.6 is 0 Å². The van der Waals surface area contributed by atoms with E-state index in [2.05, 4.69) is 15.0 Å². The quantitative estimate of drug-likeness (QED) is 0.766. The van der Waals surface area contributed by atoms with Gasteiger partial charge in [0, 0.05) is 29.7 Å². The smallest absolute Gasteiger partial charge is 0.233 e. The molecule has 2 aromatic rings. The third-order valence-electron chi connectivity index (χ3n) is 2.92. The minimum atomic E-state index is -3.34. The maximum absolute atomic E-state index is 12.0. The number of sulfonamides is 1. The van der Waals surface area contributed by atoms with Crippen molar-refractivity contribution < 1.29 is 8.42 Å². The molecule has 0 atom stereocenters. The fourth-order valence-electron chi connectivity index (χ4n) is 1.94. The van der Waals surface area contributed by atoms with E-state index in [1.165, 1.54) is 0 Å². The molecule has 0 bridgehead atoms. The van der Waals surface area contributed by atoms with E-state index in [1.807, 2.05) is 25.1 Å². The van der Waals surface area contributed by atoms with Crippen LogP contribution in [0.3, 0.4) is 0 Å². The van der Waals surface area contributed by atoms with Crippen LogP contribution in [0.1, 0.15) is 13.3 Å². The Hall–Kier alpha value is -1.66. The van der Waals surface area contributed by atoms with Crippen molar-refractivity contribution in [2.24, 2.45) is 0 Å². The second kappa shape index (κ2) is 6.67. The van der Waals surface area contributed by atoms with Crippen LogP contribution < -0.4 is 10.0 Å². The zero-order chi connectivity index (χ0) is 14.4. The number of hydrogen-bond donors (Lipinski definition) is 2. The average molecular weight is 293 g/mol. The van der Waals surface area contributed by atoms with Crippen LogP contribution in [0, 0.1) is 0 Å². The van der Waals surface area contributed by atoms with Crippen LogP contribution in [0.5, 0.6) is 0 Å². The molecule has 0 aliphatic rings.